The molecule has 0 unspecified atom stereocenters. The van der Waals surface area contributed by atoms with Gasteiger partial charge in [-0.3, -0.25) is 0 Å². The molecule has 0 saturated carbocycles. The number of aromatic nitrogens is 1. The molecule has 2 rings (SSSR count). The van der Waals surface area contributed by atoms with E-state index in [1.165, 1.54) is 13.2 Å². The predicted octanol–water partition coefficient (Wildman–Crippen LogP) is 3.30. The molecule has 0 fully saturated rings. The van der Waals surface area contributed by atoms with Crippen molar-refractivity contribution in [1.82, 2.24) is 4.98 Å². The van der Waals surface area contributed by atoms with Crippen molar-refractivity contribution >= 4 is 11.5 Å². The summed E-state index contributed by atoms with van der Waals surface area (Å²) in [5.74, 6) is 0.982. The van der Waals surface area contributed by atoms with Crippen LogP contribution in [0.25, 0.3) is 0 Å². The lowest BCUT2D eigenvalue weighted by Gasteiger charge is -2.11. The summed E-state index contributed by atoms with van der Waals surface area (Å²) in [5.41, 5.74) is 6.28. The SMILES string of the molecule is COc1ccc(N)cc1CNc1ccc(C(F)(F)F)cn1. The highest BCUT2D eigenvalue weighted by atomic mass is 19.4. The van der Waals surface area contributed by atoms with Gasteiger partial charge in [0.25, 0.3) is 0 Å². The Labute approximate surface area is 119 Å². The predicted molar refractivity (Wildman–Crippen MR) is 74.0 cm³/mol. The van der Waals surface area contributed by atoms with E-state index in [1.807, 2.05) is 0 Å². The minimum absolute atomic E-state index is 0.340. The van der Waals surface area contributed by atoms with Gasteiger partial charge in [0.1, 0.15) is 11.6 Å². The molecule has 0 aliphatic rings. The lowest BCUT2D eigenvalue weighted by atomic mass is 10.1. The van der Waals surface area contributed by atoms with Gasteiger partial charge in [-0.1, -0.05) is 0 Å². The average molecular weight is 297 g/mol. The molecule has 4 nitrogen and oxygen atoms in total. The van der Waals surface area contributed by atoms with Crippen molar-refractivity contribution in [2.75, 3.05) is 18.2 Å². The second-order valence-corrected chi connectivity index (χ2v) is 4.35. The van der Waals surface area contributed by atoms with Crippen LogP contribution in [0.1, 0.15) is 11.1 Å². The van der Waals surface area contributed by atoms with Crippen molar-refractivity contribution in [3.05, 3.63) is 47.7 Å². The number of benzene rings is 1. The molecule has 0 radical (unpaired) electrons. The van der Waals surface area contributed by atoms with E-state index in [1.54, 1.807) is 18.2 Å². The summed E-state index contributed by atoms with van der Waals surface area (Å²) in [6, 6.07) is 7.43. The van der Waals surface area contributed by atoms with Gasteiger partial charge in [-0.25, -0.2) is 4.98 Å². The Morgan fingerprint density at radius 2 is 2.00 bits per heavy atom. The zero-order chi connectivity index (χ0) is 15.5. The number of ether oxygens (including phenoxy) is 1. The van der Waals surface area contributed by atoms with E-state index in [9.17, 15) is 13.2 Å². The summed E-state index contributed by atoms with van der Waals surface area (Å²) >= 11 is 0. The van der Waals surface area contributed by atoms with Crippen molar-refractivity contribution in [3.8, 4) is 5.75 Å². The number of alkyl halides is 3. The van der Waals surface area contributed by atoms with Gasteiger partial charge in [-0.15, -0.1) is 0 Å². The lowest BCUT2D eigenvalue weighted by molar-refractivity contribution is -0.137. The summed E-state index contributed by atoms with van der Waals surface area (Å²) in [6.45, 7) is 0.340. The number of pyridine rings is 1. The summed E-state index contributed by atoms with van der Waals surface area (Å²) in [7, 11) is 1.53. The number of nitrogens with one attached hydrogen (secondary N) is 1. The number of hydrogen-bond acceptors (Lipinski definition) is 4. The Bertz CT molecular complexity index is 612. The molecular formula is C14H14F3N3O. The van der Waals surface area contributed by atoms with Gasteiger partial charge in [0, 0.05) is 24.0 Å². The van der Waals surface area contributed by atoms with Gasteiger partial charge in [-0.05, 0) is 30.3 Å². The Balaban J connectivity index is 2.08. The Morgan fingerprint density at radius 1 is 1.24 bits per heavy atom. The number of anilines is 2. The molecule has 0 saturated heterocycles. The van der Waals surface area contributed by atoms with Gasteiger partial charge in [0.05, 0.1) is 12.7 Å². The van der Waals surface area contributed by atoms with Crippen molar-refractivity contribution in [1.29, 1.82) is 0 Å². The maximum absolute atomic E-state index is 12.4. The molecule has 0 aliphatic carbocycles. The number of rotatable bonds is 4. The van der Waals surface area contributed by atoms with Gasteiger partial charge < -0.3 is 15.8 Å². The third kappa shape index (κ3) is 3.77. The van der Waals surface area contributed by atoms with E-state index < -0.39 is 11.7 Å². The number of nitrogen functional groups attached to an aromatic ring is 1. The monoisotopic (exact) mass is 297 g/mol. The first-order chi connectivity index (χ1) is 9.90. The summed E-state index contributed by atoms with van der Waals surface area (Å²) in [5, 5.41) is 2.93. The third-order valence-corrected chi connectivity index (χ3v) is 2.86. The van der Waals surface area contributed by atoms with E-state index in [2.05, 4.69) is 10.3 Å². The van der Waals surface area contributed by atoms with E-state index in [0.29, 0.717) is 23.8 Å². The molecule has 0 bridgehead atoms. The highest BCUT2D eigenvalue weighted by molar-refractivity contribution is 5.49. The topological polar surface area (TPSA) is 60.2 Å². The van der Waals surface area contributed by atoms with Crippen LogP contribution < -0.4 is 15.8 Å². The van der Waals surface area contributed by atoms with Gasteiger partial charge in [0.2, 0.25) is 0 Å². The van der Waals surface area contributed by atoms with Crippen molar-refractivity contribution in [2.45, 2.75) is 12.7 Å². The minimum Gasteiger partial charge on any atom is -0.496 e. The molecule has 0 amide bonds. The number of nitrogens with two attached hydrogens (primary N) is 1. The highest BCUT2D eigenvalue weighted by Crippen LogP contribution is 2.29. The second-order valence-electron chi connectivity index (χ2n) is 4.35. The fourth-order valence-corrected chi connectivity index (χ4v) is 1.79. The first-order valence-corrected chi connectivity index (χ1v) is 6.09. The van der Waals surface area contributed by atoms with Gasteiger partial charge >= 0.3 is 6.18 Å². The summed E-state index contributed by atoms with van der Waals surface area (Å²) < 4.78 is 42.5. The zero-order valence-corrected chi connectivity index (χ0v) is 11.2. The van der Waals surface area contributed by atoms with Crippen LogP contribution in [-0.4, -0.2) is 12.1 Å². The smallest absolute Gasteiger partial charge is 0.417 e. The molecule has 7 heteroatoms. The van der Waals surface area contributed by atoms with E-state index >= 15 is 0 Å². The zero-order valence-electron chi connectivity index (χ0n) is 11.2. The summed E-state index contributed by atoms with van der Waals surface area (Å²) in [4.78, 5) is 3.73. The van der Waals surface area contributed by atoms with Crippen molar-refractivity contribution < 1.29 is 17.9 Å². The van der Waals surface area contributed by atoms with Crippen LogP contribution in [0.2, 0.25) is 0 Å². The van der Waals surface area contributed by atoms with Crippen LogP contribution in [0, 0.1) is 0 Å². The molecular weight excluding hydrogens is 283 g/mol. The quantitative estimate of drug-likeness (QED) is 0.850. The molecule has 0 aliphatic heterocycles. The van der Waals surface area contributed by atoms with Gasteiger partial charge in [-0.2, -0.15) is 13.2 Å². The van der Waals surface area contributed by atoms with Crippen LogP contribution in [-0.2, 0) is 12.7 Å². The third-order valence-electron chi connectivity index (χ3n) is 2.86. The fourth-order valence-electron chi connectivity index (χ4n) is 1.79. The first-order valence-electron chi connectivity index (χ1n) is 6.09. The second kappa shape index (κ2) is 5.90. The molecule has 1 aromatic heterocycles. The highest BCUT2D eigenvalue weighted by Gasteiger charge is 2.30. The minimum atomic E-state index is -4.39. The Hall–Kier alpha value is -2.44. The molecule has 0 spiro atoms. The molecule has 112 valence electrons. The standard InChI is InChI=1S/C14H14F3N3O/c1-21-12-4-3-11(18)6-9(12)7-19-13-5-2-10(8-20-13)14(15,16)17/h2-6,8H,7,18H2,1H3,(H,19,20). The van der Waals surface area contributed by atoms with Gasteiger partial charge in [0.15, 0.2) is 0 Å². The number of hydrogen-bond donors (Lipinski definition) is 2. The van der Waals surface area contributed by atoms with Crippen molar-refractivity contribution in [3.63, 3.8) is 0 Å². The van der Waals surface area contributed by atoms with Crippen molar-refractivity contribution in [2.24, 2.45) is 0 Å². The van der Waals surface area contributed by atoms with E-state index in [0.717, 1.165) is 17.8 Å². The van der Waals surface area contributed by atoms with Crippen LogP contribution in [0.3, 0.4) is 0 Å². The molecule has 21 heavy (non-hydrogen) atoms. The molecule has 1 aromatic carbocycles. The molecule has 0 atom stereocenters. The number of halogens is 3. The molecule has 3 N–H and O–H groups in total. The maximum atomic E-state index is 12.4. The van der Waals surface area contributed by atoms with Crippen LogP contribution in [0.5, 0.6) is 5.75 Å². The fraction of sp³-hybridized carbons (Fsp3) is 0.214. The van der Waals surface area contributed by atoms with Crippen LogP contribution >= 0.6 is 0 Å². The van der Waals surface area contributed by atoms with E-state index in [-0.39, 0.29) is 0 Å². The Kier molecular flexibility index (Phi) is 4.21. The average Bonchev–Trinajstić information content (AvgIpc) is 2.45. The number of methoxy groups -OCH3 is 1. The van der Waals surface area contributed by atoms with E-state index in [4.69, 9.17) is 10.5 Å². The lowest BCUT2D eigenvalue weighted by Crippen LogP contribution is -2.07. The van der Waals surface area contributed by atoms with Crippen LogP contribution in [0.4, 0.5) is 24.7 Å². The molecule has 2 aromatic rings. The normalized spacial score (nSPS) is 11.2. The largest absolute Gasteiger partial charge is 0.496 e. The molecule has 1 heterocycles. The maximum Gasteiger partial charge on any atom is 0.417 e. The first kappa shape index (κ1) is 15.0. The Morgan fingerprint density at radius 3 is 2.57 bits per heavy atom. The summed E-state index contributed by atoms with van der Waals surface area (Å²) in [6.07, 6.45) is -3.60. The van der Waals surface area contributed by atoms with Crippen LogP contribution in [0.15, 0.2) is 36.5 Å². The number of nitrogens with zero attached hydrogens (tertiary/aromatic N) is 1.